The Morgan fingerprint density at radius 2 is 1.88 bits per heavy atom. The number of thioether (sulfide) groups is 1. The molecule has 1 rings (SSSR count). The van der Waals surface area contributed by atoms with E-state index in [1.807, 2.05) is 11.8 Å². The highest BCUT2D eigenvalue weighted by atomic mass is 32.2. The van der Waals surface area contributed by atoms with E-state index in [9.17, 15) is 0 Å². The quantitative estimate of drug-likeness (QED) is 0.768. The van der Waals surface area contributed by atoms with Crippen LogP contribution in [0.5, 0.6) is 0 Å². The first-order valence-electron chi connectivity index (χ1n) is 6.01. The Labute approximate surface area is 110 Å². The van der Waals surface area contributed by atoms with Crippen LogP contribution in [0.15, 0.2) is 42.5 Å². The minimum absolute atomic E-state index is 0.174. The molecule has 0 aliphatic carbocycles. The molecule has 0 atom stereocenters. The summed E-state index contributed by atoms with van der Waals surface area (Å²) in [4.78, 5) is 0. The summed E-state index contributed by atoms with van der Waals surface area (Å²) in [5.74, 6) is 2.09. The zero-order chi connectivity index (χ0) is 12.7. The summed E-state index contributed by atoms with van der Waals surface area (Å²) >= 11 is 1.93. The Morgan fingerprint density at radius 1 is 1.24 bits per heavy atom. The molecule has 0 aliphatic heterocycles. The molecule has 1 nitrogen and oxygen atoms in total. The average molecular weight is 249 g/mol. The molecule has 94 valence electrons. The number of hydrogen-bond acceptors (Lipinski definition) is 2. The van der Waals surface area contributed by atoms with E-state index in [1.165, 1.54) is 11.1 Å². The number of nitrogens with one attached hydrogen (secondary N) is 1. The maximum absolute atomic E-state index is 4.11. The molecule has 0 saturated carbocycles. The Kier molecular flexibility index (Phi) is 5.79. The molecule has 1 aromatic carbocycles. The van der Waals surface area contributed by atoms with Crippen molar-refractivity contribution in [2.75, 3.05) is 12.3 Å². The fourth-order valence-corrected chi connectivity index (χ4v) is 2.25. The molecule has 0 amide bonds. The van der Waals surface area contributed by atoms with E-state index in [2.05, 4.69) is 63.0 Å². The molecule has 0 radical (unpaired) electrons. The van der Waals surface area contributed by atoms with Crippen molar-refractivity contribution in [1.82, 2.24) is 5.32 Å². The molecule has 1 aromatic rings. The first-order valence-corrected chi connectivity index (χ1v) is 7.16. The summed E-state index contributed by atoms with van der Waals surface area (Å²) in [6, 6.07) is 10.6. The Bertz CT molecular complexity index is 338. The van der Waals surface area contributed by atoms with Gasteiger partial charge in [-0.15, -0.1) is 0 Å². The summed E-state index contributed by atoms with van der Waals surface area (Å²) < 4.78 is 0. The van der Waals surface area contributed by atoms with Gasteiger partial charge in [0.1, 0.15) is 0 Å². The molecule has 0 heterocycles. The van der Waals surface area contributed by atoms with Crippen LogP contribution >= 0.6 is 11.8 Å². The number of benzene rings is 1. The average Bonchev–Trinajstić information content (AvgIpc) is 2.27. The van der Waals surface area contributed by atoms with Gasteiger partial charge in [0.25, 0.3) is 0 Å². The molecule has 0 bridgehead atoms. The van der Waals surface area contributed by atoms with Gasteiger partial charge < -0.3 is 5.32 Å². The van der Waals surface area contributed by atoms with E-state index in [1.54, 1.807) is 0 Å². The largest absolute Gasteiger partial charge is 0.308 e. The van der Waals surface area contributed by atoms with Crippen LogP contribution in [0.3, 0.4) is 0 Å². The molecule has 0 aromatic heterocycles. The van der Waals surface area contributed by atoms with Gasteiger partial charge in [0.05, 0.1) is 0 Å². The van der Waals surface area contributed by atoms with E-state index in [0.29, 0.717) is 0 Å². The third kappa shape index (κ3) is 7.24. The minimum atomic E-state index is 0.174. The molecule has 0 fully saturated rings. The van der Waals surface area contributed by atoms with Crippen LogP contribution in [0, 0.1) is 0 Å². The standard InChI is InChI=1S/C15H23NS/c1-13(10-16-15(2,3)4)11-17-12-14-8-6-5-7-9-14/h5-9,16H,1,10-12H2,2-4H3. The summed E-state index contributed by atoms with van der Waals surface area (Å²) in [7, 11) is 0. The van der Waals surface area contributed by atoms with E-state index >= 15 is 0 Å². The van der Waals surface area contributed by atoms with Gasteiger partial charge >= 0.3 is 0 Å². The monoisotopic (exact) mass is 249 g/mol. The highest BCUT2D eigenvalue weighted by molar-refractivity contribution is 7.98. The molecule has 2 heteroatoms. The van der Waals surface area contributed by atoms with Crippen molar-refractivity contribution >= 4 is 11.8 Å². The molecule has 0 saturated heterocycles. The van der Waals surface area contributed by atoms with Crippen molar-refractivity contribution in [2.45, 2.75) is 32.1 Å². The van der Waals surface area contributed by atoms with Crippen molar-refractivity contribution in [1.29, 1.82) is 0 Å². The first kappa shape index (κ1) is 14.3. The molecule has 17 heavy (non-hydrogen) atoms. The normalized spacial score (nSPS) is 11.5. The van der Waals surface area contributed by atoms with Crippen LogP contribution in [0.2, 0.25) is 0 Å². The van der Waals surface area contributed by atoms with Gasteiger partial charge in [-0.05, 0) is 26.3 Å². The van der Waals surface area contributed by atoms with Crippen molar-refractivity contribution in [3.63, 3.8) is 0 Å². The van der Waals surface area contributed by atoms with Gasteiger partial charge in [0.15, 0.2) is 0 Å². The SMILES string of the molecule is C=C(CNC(C)(C)C)CSCc1ccccc1. The smallest absolute Gasteiger partial charge is 0.0187 e. The van der Waals surface area contributed by atoms with Crippen LogP contribution in [0.25, 0.3) is 0 Å². The maximum Gasteiger partial charge on any atom is 0.0187 e. The second-order valence-corrected chi connectivity index (χ2v) is 6.32. The van der Waals surface area contributed by atoms with Crippen LogP contribution in [-0.4, -0.2) is 17.8 Å². The second kappa shape index (κ2) is 6.87. The summed E-state index contributed by atoms with van der Waals surface area (Å²) in [6.07, 6.45) is 0. The van der Waals surface area contributed by atoms with Gasteiger partial charge in [-0.2, -0.15) is 11.8 Å². The fraction of sp³-hybridized carbons (Fsp3) is 0.467. The Balaban J connectivity index is 2.17. The van der Waals surface area contributed by atoms with E-state index < -0.39 is 0 Å². The summed E-state index contributed by atoms with van der Waals surface area (Å²) in [6.45, 7) is 11.5. The molecular formula is C15H23NS. The third-order valence-electron chi connectivity index (χ3n) is 2.29. The molecule has 0 unspecified atom stereocenters. The topological polar surface area (TPSA) is 12.0 Å². The summed E-state index contributed by atoms with van der Waals surface area (Å²) in [5, 5.41) is 3.46. The van der Waals surface area contributed by atoms with Gasteiger partial charge in [-0.1, -0.05) is 42.5 Å². The van der Waals surface area contributed by atoms with Crippen LogP contribution in [0.1, 0.15) is 26.3 Å². The van der Waals surface area contributed by atoms with Crippen LogP contribution in [0.4, 0.5) is 0 Å². The number of rotatable bonds is 6. The molecule has 0 aliphatic rings. The van der Waals surface area contributed by atoms with Gasteiger partial charge in [0.2, 0.25) is 0 Å². The van der Waals surface area contributed by atoms with Crippen LogP contribution < -0.4 is 5.32 Å². The van der Waals surface area contributed by atoms with Crippen molar-refractivity contribution in [3.05, 3.63) is 48.0 Å². The lowest BCUT2D eigenvalue weighted by molar-refractivity contribution is 0.445. The van der Waals surface area contributed by atoms with E-state index in [0.717, 1.165) is 18.1 Å². The zero-order valence-corrected chi connectivity index (χ0v) is 11.9. The van der Waals surface area contributed by atoms with Gasteiger partial charge in [-0.25, -0.2) is 0 Å². The third-order valence-corrected chi connectivity index (χ3v) is 3.44. The van der Waals surface area contributed by atoms with Crippen molar-refractivity contribution in [3.8, 4) is 0 Å². The fourth-order valence-electron chi connectivity index (χ4n) is 1.33. The van der Waals surface area contributed by atoms with Gasteiger partial charge in [0, 0.05) is 23.6 Å². The van der Waals surface area contributed by atoms with E-state index in [4.69, 9.17) is 0 Å². The first-order chi connectivity index (χ1) is 7.97. The summed E-state index contributed by atoms with van der Waals surface area (Å²) in [5.41, 5.74) is 2.82. The predicted octanol–water partition coefficient (Wildman–Crippen LogP) is 3.86. The second-order valence-electron chi connectivity index (χ2n) is 5.33. The molecule has 1 N–H and O–H groups in total. The predicted molar refractivity (Wildman–Crippen MR) is 79.5 cm³/mol. The number of hydrogen-bond donors (Lipinski definition) is 1. The molecule has 0 spiro atoms. The van der Waals surface area contributed by atoms with Crippen LogP contribution in [-0.2, 0) is 5.75 Å². The molecular weight excluding hydrogens is 226 g/mol. The highest BCUT2D eigenvalue weighted by Crippen LogP contribution is 2.14. The maximum atomic E-state index is 4.11. The minimum Gasteiger partial charge on any atom is -0.308 e. The lowest BCUT2D eigenvalue weighted by Gasteiger charge is -2.21. The lowest BCUT2D eigenvalue weighted by atomic mass is 10.1. The van der Waals surface area contributed by atoms with Crippen molar-refractivity contribution in [2.24, 2.45) is 0 Å². The van der Waals surface area contributed by atoms with E-state index in [-0.39, 0.29) is 5.54 Å². The Hall–Kier alpha value is -0.730. The highest BCUT2D eigenvalue weighted by Gasteiger charge is 2.08. The van der Waals surface area contributed by atoms with Gasteiger partial charge in [-0.3, -0.25) is 0 Å². The van der Waals surface area contributed by atoms with Crippen molar-refractivity contribution < 1.29 is 0 Å². The Morgan fingerprint density at radius 3 is 2.47 bits per heavy atom. The lowest BCUT2D eigenvalue weighted by Crippen LogP contribution is -2.37. The zero-order valence-electron chi connectivity index (χ0n) is 11.1.